The van der Waals surface area contributed by atoms with Crippen LogP contribution in [0.3, 0.4) is 0 Å². The fourth-order valence-electron chi connectivity index (χ4n) is 4.07. The van der Waals surface area contributed by atoms with E-state index in [1.54, 1.807) is 19.4 Å². The second-order valence-corrected chi connectivity index (χ2v) is 8.77. The Labute approximate surface area is 201 Å². The minimum absolute atomic E-state index is 0.00448. The van der Waals surface area contributed by atoms with E-state index < -0.39 is 0 Å². The molecule has 1 heterocycles. The summed E-state index contributed by atoms with van der Waals surface area (Å²) < 4.78 is 5.20. The average molecular weight is 467 g/mol. The Morgan fingerprint density at radius 2 is 1.76 bits per heavy atom. The van der Waals surface area contributed by atoms with Gasteiger partial charge in [0.15, 0.2) is 0 Å². The summed E-state index contributed by atoms with van der Waals surface area (Å²) in [7, 11) is 1.59. The molecule has 0 unspecified atom stereocenters. The van der Waals surface area contributed by atoms with E-state index in [9.17, 15) is 14.4 Å². The highest BCUT2D eigenvalue weighted by Gasteiger charge is 2.21. The molecule has 1 saturated carbocycles. The van der Waals surface area contributed by atoms with E-state index in [-0.39, 0.29) is 49.7 Å². The minimum Gasteiger partial charge on any atom is -0.497 e. The van der Waals surface area contributed by atoms with E-state index in [0.29, 0.717) is 5.82 Å². The molecule has 0 spiro atoms. The predicted octanol–water partition coefficient (Wildman–Crippen LogP) is 3.60. The number of nitrogens with zero attached hydrogens (tertiary/aromatic N) is 2. The number of anilines is 1. The topological polar surface area (TPSA) is 101 Å². The van der Waals surface area contributed by atoms with Crippen LogP contribution in [-0.2, 0) is 20.9 Å². The first kappa shape index (κ1) is 25.2. The molecular formula is C26H34N4O4. The highest BCUT2D eigenvalue weighted by molar-refractivity contribution is 5.93. The number of ether oxygens (including phenoxy) is 1. The first-order valence-electron chi connectivity index (χ1n) is 11.9. The van der Waals surface area contributed by atoms with Crippen molar-refractivity contribution in [3.05, 3.63) is 53.7 Å². The highest BCUT2D eigenvalue weighted by Crippen LogP contribution is 2.18. The Morgan fingerprint density at radius 1 is 1.03 bits per heavy atom. The third-order valence-corrected chi connectivity index (χ3v) is 5.94. The van der Waals surface area contributed by atoms with Gasteiger partial charge in [-0.15, -0.1) is 0 Å². The van der Waals surface area contributed by atoms with Gasteiger partial charge in [0.05, 0.1) is 13.7 Å². The molecule has 1 aliphatic rings. The molecule has 1 aliphatic carbocycles. The molecule has 0 radical (unpaired) electrons. The van der Waals surface area contributed by atoms with E-state index >= 15 is 0 Å². The van der Waals surface area contributed by atoms with Gasteiger partial charge < -0.3 is 20.3 Å². The van der Waals surface area contributed by atoms with Crippen LogP contribution in [0, 0.1) is 6.92 Å². The number of pyridine rings is 1. The van der Waals surface area contributed by atoms with Gasteiger partial charge in [-0.1, -0.05) is 31.4 Å². The lowest BCUT2D eigenvalue weighted by Gasteiger charge is -2.26. The van der Waals surface area contributed by atoms with Gasteiger partial charge in [0, 0.05) is 31.6 Å². The van der Waals surface area contributed by atoms with Crippen molar-refractivity contribution in [1.82, 2.24) is 15.2 Å². The molecular weight excluding hydrogens is 432 g/mol. The lowest BCUT2D eigenvalue weighted by molar-refractivity contribution is -0.137. The Bertz CT molecular complexity index is 971. The second kappa shape index (κ2) is 12.7. The zero-order valence-electron chi connectivity index (χ0n) is 20.0. The number of rotatable bonds is 10. The summed E-state index contributed by atoms with van der Waals surface area (Å²) in [5.74, 6) is 0.476. The van der Waals surface area contributed by atoms with Gasteiger partial charge in [-0.05, 0) is 55.2 Å². The van der Waals surface area contributed by atoms with Crippen molar-refractivity contribution in [3.8, 4) is 5.75 Å². The molecule has 2 N–H and O–H groups in total. The van der Waals surface area contributed by atoms with Gasteiger partial charge in [0.2, 0.25) is 17.7 Å². The van der Waals surface area contributed by atoms with E-state index in [4.69, 9.17) is 4.74 Å². The molecule has 0 bridgehead atoms. The third kappa shape index (κ3) is 8.17. The molecule has 0 saturated heterocycles. The maximum absolute atomic E-state index is 13.0. The summed E-state index contributed by atoms with van der Waals surface area (Å²) in [4.78, 5) is 43.7. The quantitative estimate of drug-likeness (QED) is 0.557. The van der Waals surface area contributed by atoms with Crippen LogP contribution in [0.25, 0.3) is 0 Å². The van der Waals surface area contributed by atoms with Gasteiger partial charge in [0.25, 0.3) is 0 Å². The summed E-state index contributed by atoms with van der Waals surface area (Å²) in [6.07, 6.45) is 7.03. The zero-order valence-corrected chi connectivity index (χ0v) is 20.0. The van der Waals surface area contributed by atoms with Crippen LogP contribution in [0.4, 0.5) is 5.82 Å². The maximum atomic E-state index is 13.0. The number of methoxy groups -OCH3 is 1. The molecule has 3 rings (SSSR count). The lowest BCUT2D eigenvalue weighted by Crippen LogP contribution is -2.44. The summed E-state index contributed by atoms with van der Waals surface area (Å²) in [5, 5.41) is 5.79. The fraction of sp³-hybridized carbons (Fsp3) is 0.462. The Kier molecular flexibility index (Phi) is 9.43. The summed E-state index contributed by atoms with van der Waals surface area (Å²) >= 11 is 0. The van der Waals surface area contributed by atoms with Crippen molar-refractivity contribution in [2.75, 3.05) is 19.0 Å². The third-order valence-electron chi connectivity index (χ3n) is 5.94. The van der Waals surface area contributed by atoms with Gasteiger partial charge in [0.1, 0.15) is 11.6 Å². The molecule has 2 aromatic rings. The SMILES string of the molecule is COc1ccc(CN(CC(=O)NC2CCCCC2)C(=O)CCC(=O)Nc2cc(C)ccn2)cc1. The number of amides is 3. The molecule has 8 nitrogen and oxygen atoms in total. The zero-order chi connectivity index (χ0) is 24.3. The van der Waals surface area contributed by atoms with Crippen LogP contribution in [0.5, 0.6) is 5.75 Å². The van der Waals surface area contributed by atoms with Crippen molar-refractivity contribution >= 4 is 23.5 Å². The van der Waals surface area contributed by atoms with Crippen LogP contribution >= 0.6 is 0 Å². The molecule has 0 aliphatic heterocycles. The predicted molar refractivity (Wildman–Crippen MR) is 130 cm³/mol. The second-order valence-electron chi connectivity index (χ2n) is 8.77. The van der Waals surface area contributed by atoms with E-state index in [2.05, 4.69) is 15.6 Å². The van der Waals surface area contributed by atoms with Crippen LogP contribution < -0.4 is 15.4 Å². The number of aryl methyl sites for hydroxylation is 1. The number of hydrogen-bond acceptors (Lipinski definition) is 5. The molecule has 0 atom stereocenters. The Balaban J connectivity index is 1.59. The van der Waals surface area contributed by atoms with Crippen LogP contribution in [-0.4, -0.2) is 47.3 Å². The van der Waals surface area contributed by atoms with E-state index in [0.717, 1.165) is 42.6 Å². The first-order valence-corrected chi connectivity index (χ1v) is 11.9. The standard InChI is InChI=1S/C26H34N4O4/c1-19-14-15-27-23(16-19)29-24(31)12-13-26(33)30(17-20-8-10-22(34-2)11-9-20)18-25(32)28-21-6-4-3-5-7-21/h8-11,14-16,21H,3-7,12-13,17-18H2,1-2H3,(H,28,32)(H,27,29,31). The minimum atomic E-state index is -0.289. The molecule has 1 fully saturated rings. The van der Waals surface area contributed by atoms with Crippen LogP contribution in [0.2, 0.25) is 0 Å². The van der Waals surface area contributed by atoms with Gasteiger partial charge in [-0.3, -0.25) is 14.4 Å². The Hall–Kier alpha value is -3.42. The maximum Gasteiger partial charge on any atom is 0.239 e. The molecule has 3 amide bonds. The van der Waals surface area contributed by atoms with Gasteiger partial charge in [-0.2, -0.15) is 0 Å². The number of hydrogen-bond donors (Lipinski definition) is 2. The summed E-state index contributed by atoms with van der Waals surface area (Å²) in [5.41, 5.74) is 1.86. The molecule has 8 heteroatoms. The molecule has 182 valence electrons. The van der Waals surface area contributed by atoms with Crippen LogP contribution in [0.15, 0.2) is 42.6 Å². The Morgan fingerprint density at radius 3 is 2.44 bits per heavy atom. The van der Waals surface area contributed by atoms with Crippen molar-refractivity contribution in [3.63, 3.8) is 0 Å². The van der Waals surface area contributed by atoms with Crippen LogP contribution in [0.1, 0.15) is 56.1 Å². The lowest BCUT2D eigenvalue weighted by atomic mass is 9.95. The largest absolute Gasteiger partial charge is 0.497 e. The van der Waals surface area contributed by atoms with Crippen molar-refractivity contribution in [2.45, 2.75) is 64.5 Å². The fourth-order valence-corrected chi connectivity index (χ4v) is 4.07. The number of carbonyl (C=O) groups is 3. The van der Waals surface area contributed by atoms with Crippen molar-refractivity contribution in [2.24, 2.45) is 0 Å². The number of benzene rings is 1. The van der Waals surface area contributed by atoms with Crippen molar-refractivity contribution in [1.29, 1.82) is 0 Å². The molecule has 1 aromatic heterocycles. The smallest absolute Gasteiger partial charge is 0.239 e. The highest BCUT2D eigenvalue weighted by atomic mass is 16.5. The van der Waals surface area contributed by atoms with E-state index in [1.165, 1.54) is 11.3 Å². The number of nitrogens with one attached hydrogen (secondary N) is 2. The van der Waals surface area contributed by atoms with Crippen molar-refractivity contribution < 1.29 is 19.1 Å². The number of carbonyl (C=O) groups excluding carboxylic acids is 3. The molecule has 34 heavy (non-hydrogen) atoms. The van der Waals surface area contributed by atoms with E-state index in [1.807, 2.05) is 37.3 Å². The van der Waals surface area contributed by atoms with Gasteiger partial charge >= 0.3 is 0 Å². The average Bonchev–Trinajstić information content (AvgIpc) is 2.83. The van der Waals surface area contributed by atoms with Gasteiger partial charge in [-0.25, -0.2) is 4.98 Å². The summed E-state index contributed by atoms with van der Waals surface area (Å²) in [6.45, 7) is 2.15. The monoisotopic (exact) mass is 466 g/mol. The first-order chi connectivity index (χ1) is 16.4. The number of aromatic nitrogens is 1. The normalized spacial score (nSPS) is 13.7. The summed E-state index contributed by atoms with van der Waals surface area (Å²) in [6, 6.07) is 11.2. The molecule has 1 aromatic carbocycles.